The number of halogens is 2. The van der Waals surface area contributed by atoms with E-state index in [0.717, 1.165) is 0 Å². The van der Waals surface area contributed by atoms with E-state index in [4.69, 9.17) is 32.7 Å². The molecule has 0 bridgehead atoms. The van der Waals surface area contributed by atoms with E-state index in [1.165, 1.54) is 13.0 Å². The third-order valence-corrected chi connectivity index (χ3v) is 2.92. The molecule has 0 aliphatic carbocycles. The summed E-state index contributed by atoms with van der Waals surface area (Å²) in [7, 11) is 0. The number of amides is 1. The normalized spacial score (nSPS) is 12.5. The van der Waals surface area contributed by atoms with Crippen LogP contribution in [0.3, 0.4) is 0 Å². The molecule has 0 radical (unpaired) electrons. The molecule has 122 valence electrons. The summed E-state index contributed by atoms with van der Waals surface area (Å²) in [6, 6.07) is 4.66. The smallest absolute Gasteiger partial charge is 0.347 e. The summed E-state index contributed by atoms with van der Waals surface area (Å²) in [5.41, 5.74) is -0.386. The van der Waals surface area contributed by atoms with Crippen LogP contribution in [0.5, 0.6) is 5.75 Å². The molecule has 1 amide bonds. The van der Waals surface area contributed by atoms with Gasteiger partial charge in [0.25, 0.3) is 5.91 Å². The Balaban J connectivity index is 2.50. The predicted octanol–water partition coefficient (Wildman–Crippen LogP) is 3.22. The minimum Gasteiger partial charge on any atom is -0.477 e. The van der Waals surface area contributed by atoms with Gasteiger partial charge in [0.15, 0.2) is 12.7 Å². The van der Waals surface area contributed by atoms with Gasteiger partial charge in [0, 0.05) is 10.6 Å². The maximum absolute atomic E-state index is 11.8. The average molecular weight is 348 g/mol. The minimum absolute atomic E-state index is 0.289. The summed E-state index contributed by atoms with van der Waals surface area (Å²) < 4.78 is 10.3. The molecule has 22 heavy (non-hydrogen) atoms. The number of rotatable bonds is 5. The van der Waals surface area contributed by atoms with Gasteiger partial charge in [-0.15, -0.1) is 0 Å². The summed E-state index contributed by atoms with van der Waals surface area (Å²) in [6.45, 7) is 6.65. The first-order valence-electron chi connectivity index (χ1n) is 6.68. The number of nitrogens with one attached hydrogen (secondary N) is 1. The van der Waals surface area contributed by atoms with Crippen molar-refractivity contribution >= 4 is 35.1 Å². The quantitative estimate of drug-likeness (QED) is 0.830. The van der Waals surface area contributed by atoms with Gasteiger partial charge in [-0.1, -0.05) is 23.2 Å². The number of ether oxygens (including phenoxy) is 2. The van der Waals surface area contributed by atoms with Crippen LogP contribution in [0, 0.1) is 0 Å². The molecule has 0 saturated carbocycles. The summed E-state index contributed by atoms with van der Waals surface area (Å²) in [4.78, 5) is 23.4. The Morgan fingerprint density at radius 1 is 1.27 bits per heavy atom. The lowest BCUT2D eigenvalue weighted by molar-refractivity contribution is -0.155. The second-order valence-corrected chi connectivity index (χ2v) is 6.58. The molecule has 1 aromatic carbocycles. The molecule has 0 aromatic heterocycles. The summed E-state index contributed by atoms with van der Waals surface area (Å²) >= 11 is 11.7. The molecule has 1 rings (SSSR count). The van der Waals surface area contributed by atoms with E-state index in [0.29, 0.717) is 10.8 Å². The fourth-order valence-corrected chi connectivity index (χ4v) is 1.97. The highest BCUT2D eigenvalue weighted by Gasteiger charge is 2.20. The van der Waals surface area contributed by atoms with Crippen molar-refractivity contribution in [3.63, 3.8) is 0 Å². The number of hydrogen-bond donors (Lipinski definition) is 1. The van der Waals surface area contributed by atoms with Crippen LogP contribution in [0.25, 0.3) is 0 Å². The second kappa shape index (κ2) is 7.70. The second-order valence-electron chi connectivity index (χ2n) is 5.74. The first-order valence-corrected chi connectivity index (χ1v) is 7.43. The summed E-state index contributed by atoms with van der Waals surface area (Å²) in [5, 5.41) is 3.44. The van der Waals surface area contributed by atoms with Crippen molar-refractivity contribution < 1.29 is 19.1 Å². The van der Waals surface area contributed by atoms with Crippen molar-refractivity contribution in [1.82, 2.24) is 5.32 Å². The fraction of sp³-hybridized carbons (Fsp3) is 0.467. The van der Waals surface area contributed by atoms with E-state index in [9.17, 15) is 9.59 Å². The van der Waals surface area contributed by atoms with Gasteiger partial charge in [0.05, 0.1) is 5.02 Å². The van der Waals surface area contributed by atoms with Gasteiger partial charge in [-0.25, -0.2) is 4.79 Å². The zero-order chi connectivity index (χ0) is 16.9. The highest BCUT2D eigenvalue weighted by Crippen LogP contribution is 2.28. The van der Waals surface area contributed by atoms with Gasteiger partial charge in [-0.2, -0.15) is 0 Å². The van der Waals surface area contributed by atoms with Crippen LogP contribution in [0.15, 0.2) is 18.2 Å². The van der Waals surface area contributed by atoms with E-state index in [1.807, 2.05) is 20.8 Å². The first kappa shape index (κ1) is 18.6. The molecule has 1 N–H and O–H groups in total. The Hall–Kier alpha value is -1.46. The van der Waals surface area contributed by atoms with E-state index in [2.05, 4.69) is 5.32 Å². The number of esters is 1. The van der Waals surface area contributed by atoms with Gasteiger partial charge in [-0.05, 0) is 45.9 Å². The number of carbonyl (C=O) groups excluding carboxylic acids is 2. The van der Waals surface area contributed by atoms with E-state index in [-0.39, 0.29) is 23.1 Å². The van der Waals surface area contributed by atoms with Crippen molar-refractivity contribution in [3.05, 3.63) is 28.2 Å². The zero-order valence-corrected chi connectivity index (χ0v) is 14.4. The molecule has 0 fully saturated rings. The molecule has 0 aliphatic rings. The van der Waals surface area contributed by atoms with Crippen LogP contribution >= 0.6 is 23.2 Å². The summed E-state index contributed by atoms with van der Waals surface area (Å²) in [5.74, 6) is -0.720. The van der Waals surface area contributed by atoms with Gasteiger partial charge >= 0.3 is 5.97 Å². The van der Waals surface area contributed by atoms with Gasteiger partial charge in [-0.3, -0.25) is 4.79 Å². The molecule has 1 atom stereocenters. The van der Waals surface area contributed by atoms with Crippen molar-refractivity contribution in [2.75, 3.05) is 6.61 Å². The molecule has 5 nitrogen and oxygen atoms in total. The number of hydrogen-bond acceptors (Lipinski definition) is 4. The lowest BCUT2D eigenvalue weighted by Gasteiger charge is -2.20. The third-order valence-electron chi connectivity index (χ3n) is 2.39. The highest BCUT2D eigenvalue weighted by atomic mass is 35.5. The molecule has 0 spiro atoms. The Morgan fingerprint density at radius 2 is 1.91 bits per heavy atom. The maximum Gasteiger partial charge on any atom is 0.347 e. The Bertz CT molecular complexity index is 555. The van der Waals surface area contributed by atoms with Crippen LogP contribution < -0.4 is 10.1 Å². The van der Waals surface area contributed by atoms with Crippen LogP contribution in [0.2, 0.25) is 10.0 Å². The largest absolute Gasteiger partial charge is 0.477 e. The van der Waals surface area contributed by atoms with E-state index < -0.39 is 12.1 Å². The zero-order valence-electron chi connectivity index (χ0n) is 12.9. The van der Waals surface area contributed by atoms with Crippen LogP contribution in [0.4, 0.5) is 0 Å². The number of benzene rings is 1. The Morgan fingerprint density at radius 3 is 2.45 bits per heavy atom. The Kier molecular flexibility index (Phi) is 6.50. The van der Waals surface area contributed by atoms with Crippen LogP contribution in [-0.4, -0.2) is 30.1 Å². The van der Waals surface area contributed by atoms with E-state index in [1.54, 1.807) is 12.1 Å². The van der Waals surface area contributed by atoms with E-state index >= 15 is 0 Å². The first-order chi connectivity index (χ1) is 10.1. The van der Waals surface area contributed by atoms with Crippen molar-refractivity contribution in [2.45, 2.75) is 39.3 Å². The molecule has 1 aromatic rings. The predicted molar refractivity (Wildman–Crippen MR) is 85.4 cm³/mol. The molecule has 0 aliphatic heterocycles. The topological polar surface area (TPSA) is 64.6 Å². The molecule has 7 heteroatoms. The fourth-order valence-electron chi connectivity index (χ4n) is 1.52. The van der Waals surface area contributed by atoms with Crippen LogP contribution in [0.1, 0.15) is 27.7 Å². The number of carbonyl (C=O) groups is 2. The molecular weight excluding hydrogens is 329 g/mol. The molecular formula is C15H19Cl2NO4. The lowest BCUT2D eigenvalue weighted by atomic mass is 10.1. The summed E-state index contributed by atoms with van der Waals surface area (Å²) in [6.07, 6.45) is -0.902. The van der Waals surface area contributed by atoms with Gasteiger partial charge in [0.1, 0.15) is 5.75 Å². The molecule has 0 saturated heterocycles. The van der Waals surface area contributed by atoms with Crippen molar-refractivity contribution in [3.8, 4) is 5.75 Å². The lowest BCUT2D eigenvalue weighted by Crippen LogP contribution is -2.43. The monoisotopic (exact) mass is 347 g/mol. The average Bonchev–Trinajstić information content (AvgIpc) is 2.37. The van der Waals surface area contributed by atoms with Gasteiger partial charge in [0.2, 0.25) is 0 Å². The molecule has 0 heterocycles. The maximum atomic E-state index is 11.8. The molecule has 0 unspecified atom stereocenters. The van der Waals surface area contributed by atoms with Crippen molar-refractivity contribution in [2.24, 2.45) is 0 Å². The SMILES string of the molecule is C[C@@H](Oc1ccc(Cl)cc1Cl)C(=O)OCC(=O)NC(C)(C)C. The standard InChI is InChI=1S/C15H19Cl2NO4/c1-9(22-12-6-5-10(16)7-11(12)17)14(20)21-8-13(19)18-15(2,3)4/h5-7,9H,8H2,1-4H3,(H,18,19)/t9-/m1/s1. The van der Waals surface area contributed by atoms with Crippen LogP contribution in [-0.2, 0) is 14.3 Å². The third kappa shape index (κ3) is 6.54. The van der Waals surface area contributed by atoms with Gasteiger partial charge < -0.3 is 14.8 Å². The highest BCUT2D eigenvalue weighted by molar-refractivity contribution is 6.35. The Labute approximate surface area is 139 Å². The van der Waals surface area contributed by atoms with Crippen molar-refractivity contribution in [1.29, 1.82) is 0 Å². The minimum atomic E-state index is -0.902.